The van der Waals surface area contributed by atoms with Gasteiger partial charge in [0.2, 0.25) is 0 Å². The molecule has 4 heteroatoms. The van der Waals surface area contributed by atoms with Gasteiger partial charge in [0.15, 0.2) is 0 Å². The van der Waals surface area contributed by atoms with Gasteiger partial charge in [0, 0.05) is 25.5 Å². The topological polar surface area (TPSA) is 53.4 Å². The second kappa shape index (κ2) is 5.52. The van der Waals surface area contributed by atoms with Crippen molar-refractivity contribution >= 4 is 5.91 Å². The first-order chi connectivity index (χ1) is 9.69. The van der Waals surface area contributed by atoms with Gasteiger partial charge in [0.25, 0.3) is 5.91 Å². The van der Waals surface area contributed by atoms with E-state index in [-0.39, 0.29) is 12.0 Å². The molecule has 2 aliphatic rings. The highest BCUT2D eigenvalue weighted by Crippen LogP contribution is 2.44. The first-order valence-corrected chi connectivity index (χ1v) is 7.56. The van der Waals surface area contributed by atoms with Crippen LogP contribution in [0.3, 0.4) is 0 Å². The number of nitrogens with zero attached hydrogens (tertiary/aromatic N) is 2. The summed E-state index contributed by atoms with van der Waals surface area (Å²) in [7, 11) is 0. The summed E-state index contributed by atoms with van der Waals surface area (Å²) in [6.45, 7) is 1.67. The zero-order valence-corrected chi connectivity index (χ0v) is 11.8. The maximum Gasteiger partial charge on any atom is 0.255 e. The summed E-state index contributed by atoms with van der Waals surface area (Å²) in [5.74, 6) is 0.101. The molecule has 0 unspecified atom stereocenters. The Hall–Kier alpha value is -1.42. The van der Waals surface area contributed by atoms with Crippen molar-refractivity contribution in [2.45, 2.75) is 44.6 Å². The monoisotopic (exact) mass is 274 g/mol. The van der Waals surface area contributed by atoms with Crippen molar-refractivity contribution < 1.29 is 9.90 Å². The molecule has 1 N–H and O–H groups in total. The molecule has 20 heavy (non-hydrogen) atoms. The lowest BCUT2D eigenvalue weighted by Gasteiger charge is -2.45. The fourth-order valence-electron chi connectivity index (χ4n) is 3.57. The molecule has 3 rings (SSSR count). The molecule has 4 nitrogen and oxygen atoms in total. The number of piperidine rings is 1. The van der Waals surface area contributed by atoms with Crippen LogP contribution in [-0.4, -0.2) is 40.1 Å². The summed E-state index contributed by atoms with van der Waals surface area (Å²) >= 11 is 0. The van der Waals surface area contributed by atoms with Crippen LogP contribution in [0, 0.1) is 5.41 Å². The lowest BCUT2D eigenvalue weighted by Crippen LogP contribution is -2.45. The van der Waals surface area contributed by atoms with Crippen molar-refractivity contribution in [3.63, 3.8) is 0 Å². The minimum Gasteiger partial charge on any atom is -0.393 e. The van der Waals surface area contributed by atoms with Crippen LogP contribution >= 0.6 is 0 Å². The minimum absolute atomic E-state index is 0.101. The Labute approximate surface area is 119 Å². The summed E-state index contributed by atoms with van der Waals surface area (Å²) in [6.07, 6.45) is 9.46. The number of aromatic nitrogens is 1. The van der Waals surface area contributed by atoms with E-state index in [9.17, 15) is 9.90 Å². The Balaban J connectivity index is 1.60. The highest BCUT2D eigenvalue weighted by Gasteiger charge is 2.38. The van der Waals surface area contributed by atoms with Gasteiger partial charge < -0.3 is 10.0 Å². The second-order valence-electron chi connectivity index (χ2n) is 6.27. The predicted octanol–water partition coefficient (Wildman–Crippen LogP) is 2.24. The molecule has 1 saturated carbocycles. The maximum atomic E-state index is 12.4. The van der Waals surface area contributed by atoms with Gasteiger partial charge in [-0.3, -0.25) is 9.78 Å². The Bertz CT molecular complexity index is 457. The Morgan fingerprint density at radius 3 is 2.55 bits per heavy atom. The minimum atomic E-state index is -0.101. The van der Waals surface area contributed by atoms with Crippen LogP contribution in [-0.2, 0) is 0 Å². The van der Waals surface area contributed by atoms with Crippen molar-refractivity contribution in [3.05, 3.63) is 30.1 Å². The number of pyridine rings is 1. The first-order valence-electron chi connectivity index (χ1n) is 7.56. The smallest absolute Gasteiger partial charge is 0.255 e. The van der Waals surface area contributed by atoms with Gasteiger partial charge in [0.1, 0.15) is 0 Å². The molecule has 1 saturated heterocycles. The summed E-state index contributed by atoms with van der Waals surface area (Å²) < 4.78 is 0. The molecule has 0 radical (unpaired) electrons. The van der Waals surface area contributed by atoms with Crippen molar-refractivity contribution in [1.82, 2.24) is 9.88 Å². The third kappa shape index (κ3) is 2.70. The Kier molecular flexibility index (Phi) is 3.74. The van der Waals surface area contributed by atoms with Crippen LogP contribution in [0.25, 0.3) is 0 Å². The quantitative estimate of drug-likeness (QED) is 0.854. The Morgan fingerprint density at radius 2 is 1.95 bits per heavy atom. The largest absolute Gasteiger partial charge is 0.393 e. The number of carbonyl (C=O) groups excluding carboxylic acids is 1. The lowest BCUT2D eigenvalue weighted by atomic mass is 9.67. The van der Waals surface area contributed by atoms with E-state index in [1.807, 2.05) is 11.0 Å². The number of aliphatic hydroxyl groups excluding tert-OH is 1. The van der Waals surface area contributed by atoms with Crippen LogP contribution in [0.15, 0.2) is 24.5 Å². The SMILES string of the molecule is O=C(c1cccnc1)N1CCC2(CCC(O)CC2)CC1. The van der Waals surface area contributed by atoms with Crippen LogP contribution in [0.4, 0.5) is 0 Å². The van der Waals surface area contributed by atoms with Crippen molar-refractivity contribution in [1.29, 1.82) is 0 Å². The molecule has 0 bridgehead atoms. The molecular formula is C16H22N2O2. The van der Waals surface area contributed by atoms with Gasteiger partial charge in [-0.25, -0.2) is 0 Å². The van der Waals surface area contributed by atoms with Crippen LogP contribution in [0.5, 0.6) is 0 Å². The van der Waals surface area contributed by atoms with Crippen LogP contribution in [0.1, 0.15) is 48.9 Å². The fraction of sp³-hybridized carbons (Fsp3) is 0.625. The van der Waals surface area contributed by atoms with Gasteiger partial charge in [-0.1, -0.05) is 0 Å². The van der Waals surface area contributed by atoms with E-state index >= 15 is 0 Å². The van der Waals surface area contributed by atoms with Gasteiger partial charge in [0.05, 0.1) is 11.7 Å². The highest BCUT2D eigenvalue weighted by molar-refractivity contribution is 5.93. The summed E-state index contributed by atoms with van der Waals surface area (Å²) in [6, 6.07) is 3.64. The molecular weight excluding hydrogens is 252 g/mol. The van der Waals surface area contributed by atoms with E-state index in [1.165, 1.54) is 0 Å². The number of likely N-dealkylation sites (tertiary alicyclic amines) is 1. The molecule has 1 spiro atoms. The lowest BCUT2D eigenvalue weighted by molar-refractivity contribution is 0.0168. The van der Waals surface area contributed by atoms with Gasteiger partial charge in [-0.15, -0.1) is 0 Å². The number of aliphatic hydroxyl groups is 1. The van der Waals surface area contributed by atoms with E-state index < -0.39 is 0 Å². The average molecular weight is 274 g/mol. The molecule has 2 fully saturated rings. The van der Waals surface area contributed by atoms with Crippen molar-refractivity contribution in [3.8, 4) is 0 Å². The number of amides is 1. The predicted molar refractivity (Wildman–Crippen MR) is 76.3 cm³/mol. The normalized spacial score (nSPS) is 22.9. The summed E-state index contributed by atoms with van der Waals surface area (Å²) in [4.78, 5) is 18.3. The number of rotatable bonds is 1. The fourth-order valence-corrected chi connectivity index (χ4v) is 3.57. The molecule has 2 heterocycles. The summed E-state index contributed by atoms with van der Waals surface area (Å²) in [5.41, 5.74) is 1.06. The molecule has 0 atom stereocenters. The average Bonchev–Trinajstić information content (AvgIpc) is 2.52. The molecule has 1 amide bonds. The zero-order chi connectivity index (χ0) is 14.0. The van der Waals surface area contributed by atoms with Crippen LogP contribution < -0.4 is 0 Å². The summed E-state index contributed by atoms with van der Waals surface area (Å²) in [5, 5.41) is 9.64. The van der Waals surface area contributed by atoms with Crippen molar-refractivity contribution in [2.24, 2.45) is 5.41 Å². The molecule has 1 aromatic rings. The molecule has 1 aliphatic heterocycles. The standard InChI is InChI=1S/C16H22N2O2/c19-14-3-5-16(6-4-14)7-10-18(11-8-16)15(20)13-2-1-9-17-12-13/h1-2,9,12,14,19H,3-8,10-11H2. The van der Waals surface area contributed by atoms with E-state index in [4.69, 9.17) is 0 Å². The van der Waals surface area contributed by atoms with E-state index in [2.05, 4.69) is 4.98 Å². The third-order valence-corrected chi connectivity index (χ3v) is 5.04. The zero-order valence-electron chi connectivity index (χ0n) is 11.8. The molecule has 0 aromatic carbocycles. The molecule has 1 aliphatic carbocycles. The van der Waals surface area contributed by atoms with Crippen molar-refractivity contribution in [2.75, 3.05) is 13.1 Å². The van der Waals surface area contributed by atoms with E-state index in [0.717, 1.165) is 51.6 Å². The van der Waals surface area contributed by atoms with Gasteiger partial charge in [-0.2, -0.15) is 0 Å². The van der Waals surface area contributed by atoms with Gasteiger partial charge >= 0.3 is 0 Å². The molecule has 1 aromatic heterocycles. The third-order valence-electron chi connectivity index (χ3n) is 5.04. The first kappa shape index (κ1) is 13.6. The molecule has 108 valence electrons. The van der Waals surface area contributed by atoms with E-state index in [1.54, 1.807) is 18.5 Å². The Morgan fingerprint density at radius 1 is 1.25 bits per heavy atom. The van der Waals surface area contributed by atoms with Crippen LogP contribution in [0.2, 0.25) is 0 Å². The van der Waals surface area contributed by atoms with Gasteiger partial charge in [-0.05, 0) is 56.1 Å². The maximum absolute atomic E-state index is 12.4. The van der Waals surface area contributed by atoms with E-state index in [0.29, 0.717) is 11.0 Å². The number of carbonyl (C=O) groups is 1. The second-order valence-corrected chi connectivity index (χ2v) is 6.27. The number of hydrogen-bond donors (Lipinski definition) is 1. The number of hydrogen-bond acceptors (Lipinski definition) is 3. The highest BCUT2D eigenvalue weighted by atomic mass is 16.3.